The van der Waals surface area contributed by atoms with Crippen LogP contribution in [0.4, 0.5) is 5.69 Å². The standard InChI is InChI=1S/C16H24N2O4/c1-3-21-14-5-4-12(10-15(14)20-2)18-16(19)11-22-13-6-8-17-9-7-13/h4-5,10,13,17H,3,6-9,11H2,1-2H3,(H,18,19). The van der Waals surface area contributed by atoms with Gasteiger partial charge in [0.15, 0.2) is 11.5 Å². The summed E-state index contributed by atoms with van der Waals surface area (Å²) in [4.78, 5) is 11.9. The molecule has 22 heavy (non-hydrogen) atoms. The highest BCUT2D eigenvalue weighted by atomic mass is 16.5. The molecule has 1 saturated heterocycles. The summed E-state index contributed by atoms with van der Waals surface area (Å²) in [7, 11) is 1.57. The van der Waals surface area contributed by atoms with Crippen molar-refractivity contribution in [2.75, 3.05) is 38.7 Å². The lowest BCUT2D eigenvalue weighted by atomic mass is 10.1. The van der Waals surface area contributed by atoms with Gasteiger partial charge in [0, 0.05) is 11.8 Å². The van der Waals surface area contributed by atoms with E-state index in [1.165, 1.54) is 0 Å². The number of piperidine rings is 1. The number of amides is 1. The molecule has 122 valence electrons. The van der Waals surface area contributed by atoms with Crippen LogP contribution < -0.4 is 20.1 Å². The zero-order valence-electron chi connectivity index (χ0n) is 13.2. The Hall–Kier alpha value is -1.79. The van der Waals surface area contributed by atoms with Gasteiger partial charge in [-0.3, -0.25) is 4.79 Å². The fourth-order valence-electron chi connectivity index (χ4n) is 2.37. The first-order valence-corrected chi connectivity index (χ1v) is 7.66. The Labute approximate surface area is 131 Å². The summed E-state index contributed by atoms with van der Waals surface area (Å²) in [5, 5.41) is 6.07. The maximum absolute atomic E-state index is 11.9. The van der Waals surface area contributed by atoms with Crippen LogP contribution in [0.5, 0.6) is 11.5 Å². The molecule has 2 N–H and O–H groups in total. The number of carbonyl (C=O) groups is 1. The lowest BCUT2D eigenvalue weighted by molar-refractivity contribution is -0.123. The van der Waals surface area contributed by atoms with Gasteiger partial charge in [-0.1, -0.05) is 0 Å². The van der Waals surface area contributed by atoms with Crippen molar-refractivity contribution in [3.8, 4) is 11.5 Å². The molecular formula is C16H24N2O4. The molecule has 6 nitrogen and oxygen atoms in total. The van der Waals surface area contributed by atoms with E-state index in [-0.39, 0.29) is 18.6 Å². The van der Waals surface area contributed by atoms with Crippen LogP contribution in [0.25, 0.3) is 0 Å². The average molecular weight is 308 g/mol. The summed E-state index contributed by atoms with van der Waals surface area (Å²) in [5.74, 6) is 1.10. The SMILES string of the molecule is CCOc1ccc(NC(=O)COC2CCNCC2)cc1OC. The Morgan fingerprint density at radius 2 is 2.09 bits per heavy atom. The second-order valence-corrected chi connectivity index (χ2v) is 5.11. The molecule has 2 rings (SSSR count). The monoisotopic (exact) mass is 308 g/mol. The third kappa shape index (κ3) is 4.89. The van der Waals surface area contributed by atoms with Crippen LogP contribution in [0, 0.1) is 0 Å². The Morgan fingerprint density at radius 1 is 1.32 bits per heavy atom. The molecule has 0 spiro atoms. The zero-order chi connectivity index (χ0) is 15.8. The first-order chi connectivity index (χ1) is 10.7. The maximum Gasteiger partial charge on any atom is 0.250 e. The number of ether oxygens (including phenoxy) is 3. The quantitative estimate of drug-likeness (QED) is 0.804. The van der Waals surface area contributed by atoms with Gasteiger partial charge in [-0.25, -0.2) is 0 Å². The van der Waals surface area contributed by atoms with E-state index in [1.54, 1.807) is 25.3 Å². The van der Waals surface area contributed by atoms with Crippen LogP contribution in [-0.4, -0.2) is 45.4 Å². The van der Waals surface area contributed by atoms with E-state index in [4.69, 9.17) is 14.2 Å². The summed E-state index contributed by atoms with van der Waals surface area (Å²) >= 11 is 0. The van der Waals surface area contributed by atoms with Gasteiger partial charge in [-0.15, -0.1) is 0 Å². The number of rotatable bonds is 7. The van der Waals surface area contributed by atoms with Gasteiger partial charge in [0.25, 0.3) is 0 Å². The predicted molar refractivity (Wildman–Crippen MR) is 84.6 cm³/mol. The van der Waals surface area contributed by atoms with Gasteiger partial charge in [0.2, 0.25) is 5.91 Å². The van der Waals surface area contributed by atoms with Crippen LogP contribution in [0.15, 0.2) is 18.2 Å². The molecule has 1 aromatic rings. The molecular weight excluding hydrogens is 284 g/mol. The largest absolute Gasteiger partial charge is 0.493 e. The first-order valence-electron chi connectivity index (χ1n) is 7.66. The van der Waals surface area contributed by atoms with E-state index in [9.17, 15) is 4.79 Å². The number of methoxy groups -OCH3 is 1. The van der Waals surface area contributed by atoms with Gasteiger partial charge in [0.05, 0.1) is 19.8 Å². The second-order valence-electron chi connectivity index (χ2n) is 5.11. The molecule has 0 bridgehead atoms. The fourth-order valence-corrected chi connectivity index (χ4v) is 2.37. The van der Waals surface area contributed by atoms with Crippen molar-refractivity contribution in [3.63, 3.8) is 0 Å². The number of hydrogen-bond acceptors (Lipinski definition) is 5. The Bertz CT molecular complexity index is 487. The molecule has 1 amide bonds. The number of hydrogen-bond donors (Lipinski definition) is 2. The normalized spacial score (nSPS) is 15.4. The van der Waals surface area contributed by atoms with Crippen molar-refractivity contribution < 1.29 is 19.0 Å². The molecule has 0 atom stereocenters. The molecule has 0 aliphatic carbocycles. The van der Waals surface area contributed by atoms with Crippen LogP contribution in [0.1, 0.15) is 19.8 Å². The zero-order valence-corrected chi connectivity index (χ0v) is 13.2. The van der Waals surface area contributed by atoms with Crippen molar-refractivity contribution >= 4 is 11.6 Å². The number of carbonyl (C=O) groups excluding carboxylic acids is 1. The van der Waals surface area contributed by atoms with E-state index < -0.39 is 0 Å². The van der Waals surface area contributed by atoms with Crippen molar-refractivity contribution in [1.82, 2.24) is 5.32 Å². The third-order valence-corrected chi connectivity index (χ3v) is 3.48. The Morgan fingerprint density at radius 3 is 2.77 bits per heavy atom. The van der Waals surface area contributed by atoms with Crippen LogP contribution in [0.2, 0.25) is 0 Å². The lowest BCUT2D eigenvalue weighted by Crippen LogP contribution is -2.34. The maximum atomic E-state index is 11.9. The van der Waals surface area contributed by atoms with Crippen LogP contribution in [0.3, 0.4) is 0 Å². The fraction of sp³-hybridized carbons (Fsp3) is 0.562. The van der Waals surface area contributed by atoms with E-state index in [2.05, 4.69) is 10.6 Å². The van der Waals surface area contributed by atoms with Gasteiger partial charge in [-0.05, 0) is 45.0 Å². The van der Waals surface area contributed by atoms with Crippen LogP contribution in [-0.2, 0) is 9.53 Å². The smallest absolute Gasteiger partial charge is 0.250 e. The Kier molecular flexibility index (Phi) is 6.48. The highest BCUT2D eigenvalue weighted by Crippen LogP contribution is 2.30. The van der Waals surface area contributed by atoms with Gasteiger partial charge in [-0.2, -0.15) is 0 Å². The third-order valence-electron chi connectivity index (χ3n) is 3.48. The Balaban J connectivity index is 1.85. The van der Waals surface area contributed by atoms with Crippen molar-refractivity contribution in [2.45, 2.75) is 25.9 Å². The summed E-state index contributed by atoms with van der Waals surface area (Å²) in [6, 6.07) is 5.31. The molecule has 0 aromatic heterocycles. The molecule has 6 heteroatoms. The number of nitrogens with one attached hydrogen (secondary N) is 2. The molecule has 0 saturated carbocycles. The molecule has 1 aliphatic heterocycles. The van der Waals surface area contributed by atoms with E-state index >= 15 is 0 Å². The van der Waals surface area contributed by atoms with Gasteiger partial charge >= 0.3 is 0 Å². The molecule has 1 aliphatic rings. The molecule has 1 heterocycles. The van der Waals surface area contributed by atoms with E-state index in [0.29, 0.717) is 23.8 Å². The lowest BCUT2D eigenvalue weighted by Gasteiger charge is -2.22. The minimum absolute atomic E-state index is 0.0696. The first kappa shape index (κ1) is 16.6. The van der Waals surface area contributed by atoms with Gasteiger partial charge < -0.3 is 24.8 Å². The molecule has 1 fully saturated rings. The summed E-state index contributed by atoms with van der Waals surface area (Å²) in [6.45, 7) is 4.43. The topological polar surface area (TPSA) is 68.8 Å². The molecule has 0 radical (unpaired) electrons. The van der Waals surface area contributed by atoms with Crippen LogP contribution >= 0.6 is 0 Å². The molecule has 0 unspecified atom stereocenters. The van der Waals surface area contributed by atoms with E-state index in [0.717, 1.165) is 25.9 Å². The van der Waals surface area contributed by atoms with Crippen molar-refractivity contribution in [1.29, 1.82) is 0 Å². The minimum atomic E-state index is -0.162. The highest BCUT2D eigenvalue weighted by Gasteiger charge is 2.15. The number of anilines is 1. The van der Waals surface area contributed by atoms with Gasteiger partial charge in [0.1, 0.15) is 6.61 Å². The number of benzene rings is 1. The summed E-state index contributed by atoms with van der Waals surface area (Å²) in [6.07, 6.45) is 2.07. The van der Waals surface area contributed by atoms with Crippen molar-refractivity contribution in [2.24, 2.45) is 0 Å². The predicted octanol–water partition coefficient (Wildman–Crippen LogP) is 1.80. The average Bonchev–Trinajstić information content (AvgIpc) is 2.55. The van der Waals surface area contributed by atoms with Crippen molar-refractivity contribution in [3.05, 3.63) is 18.2 Å². The summed E-state index contributed by atoms with van der Waals surface area (Å²) < 4.78 is 16.3. The minimum Gasteiger partial charge on any atom is -0.493 e. The highest BCUT2D eigenvalue weighted by molar-refractivity contribution is 5.92. The van der Waals surface area contributed by atoms with E-state index in [1.807, 2.05) is 6.92 Å². The molecule has 1 aromatic carbocycles. The summed E-state index contributed by atoms with van der Waals surface area (Å²) in [5.41, 5.74) is 0.666. The second kappa shape index (κ2) is 8.60.